The summed E-state index contributed by atoms with van der Waals surface area (Å²) in [5.74, 6) is -1.94. The van der Waals surface area contributed by atoms with Gasteiger partial charge in [-0.1, -0.05) is 18.5 Å². The number of anilines is 1. The lowest BCUT2D eigenvalue weighted by Gasteiger charge is -2.22. The number of likely N-dealkylation sites (N-methyl/N-ethyl adjacent to an activating group) is 1. The lowest BCUT2D eigenvalue weighted by molar-refractivity contribution is -0.143. The average Bonchev–Trinajstić information content (AvgIpc) is 2.34. The van der Waals surface area contributed by atoms with E-state index in [-0.39, 0.29) is 11.6 Å². The van der Waals surface area contributed by atoms with Crippen LogP contribution in [0.3, 0.4) is 0 Å². The van der Waals surface area contributed by atoms with Gasteiger partial charge in [0.2, 0.25) is 5.91 Å². The third-order valence-corrected chi connectivity index (χ3v) is 3.09. The van der Waals surface area contributed by atoms with Crippen molar-refractivity contribution < 1.29 is 19.1 Å². The van der Waals surface area contributed by atoms with E-state index in [0.29, 0.717) is 12.1 Å². The maximum Gasteiger partial charge on any atom is 0.320 e. The summed E-state index contributed by atoms with van der Waals surface area (Å²) >= 11 is 5.60. The summed E-state index contributed by atoms with van der Waals surface area (Å²) in [4.78, 5) is 24.2. The fraction of sp³-hybridized carbons (Fsp3) is 0.385. The van der Waals surface area contributed by atoms with E-state index in [1.54, 1.807) is 14.0 Å². The van der Waals surface area contributed by atoms with Crippen LogP contribution in [-0.2, 0) is 9.59 Å². The molecule has 0 saturated heterocycles. The SMILES string of the molecule is CCC(C(=O)O)N(C)CC(=O)Nc1ccc(F)c(Cl)c1. The Morgan fingerprint density at radius 1 is 1.50 bits per heavy atom. The Kier molecular flexibility index (Phi) is 5.91. The van der Waals surface area contributed by atoms with Gasteiger partial charge < -0.3 is 10.4 Å². The molecule has 110 valence electrons. The third kappa shape index (κ3) is 4.47. The average molecular weight is 303 g/mol. The largest absolute Gasteiger partial charge is 0.480 e. The maximum atomic E-state index is 13.0. The minimum absolute atomic E-state index is 0.0835. The normalized spacial score (nSPS) is 12.2. The Bertz CT molecular complexity index is 510. The van der Waals surface area contributed by atoms with Crippen molar-refractivity contribution in [1.29, 1.82) is 0 Å². The Balaban J connectivity index is 2.63. The first-order valence-electron chi connectivity index (χ1n) is 6.03. The van der Waals surface area contributed by atoms with E-state index in [1.165, 1.54) is 17.0 Å². The number of halogens is 2. The van der Waals surface area contributed by atoms with Gasteiger partial charge in [0, 0.05) is 5.69 Å². The van der Waals surface area contributed by atoms with Gasteiger partial charge in [-0.2, -0.15) is 0 Å². The molecule has 0 fully saturated rings. The molecule has 20 heavy (non-hydrogen) atoms. The molecule has 1 aromatic carbocycles. The van der Waals surface area contributed by atoms with E-state index in [2.05, 4.69) is 5.32 Å². The van der Waals surface area contributed by atoms with Crippen molar-refractivity contribution in [2.24, 2.45) is 0 Å². The fourth-order valence-corrected chi connectivity index (χ4v) is 1.97. The zero-order valence-corrected chi connectivity index (χ0v) is 11.9. The molecule has 1 rings (SSSR count). The number of aliphatic carboxylic acids is 1. The topological polar surface area (TPSA) is 69.6 Å². The monoisotopic (exact) mass is 302 g/mol. The predicted molar refractivity (Wildman–Crippen MR) is 74.4 cm³/mol. The predicted octanol–water partition coefficient (Wildman–Crippen LogP) is 2.21. The highest BCUT2D eigenvalue weighted by atomic mass is 35.5. The molecule has 0 bridgehead atoms. The van der Waals surface area contributed by atoms with Crippen LogP contribution in [0.25, 0.3) is 0 Å². The molecule has 0 aliphatic carbocycles. The van der Waals surface area contributed by atoms with Gasteiger partial charge in [0.05, 0.1) is 11.6 Å². The number of hydrogen-bond donors (Lipinski definition) is 2. The number of carbonyl (C=O) groups is 2. The van der Waals surface area contributed by atoms with Gasteiger partial charge in [0.1, 0.15) is 11.9 Å². The molecule has 1 unspecified atom stereocenters. The molecule has 1 amide bonds. The van der Waals surface area contributed by atoms with Crippen molar-refractivity contribution in [3.05, 3.63) is 29.0 Å². The van der Waals surface area contributed by atoms with Crippen LogP contribution in [-0.4, -0.2) is 41.5 Å². The van der Waals surface area contributed by atoms with Gasteiger partial charge in [0.25, 0.3) is 0 Å². The van der Waals surface area contributed by atoms with Crippen molar-refractivity contribution >= 4 is 29.2 Å². The molecule has 0 aliphatic heterocycles. The molecule has 0 spiro atoms. The quantitative estimate of drug-likeness (QED) is 0.845. The highest BCUT2D eigenvalue weighted by Crippen LogP contribution is 2.19. The van der Waals surface area contributed by atoms with Crippen LogP contribution in [0, 0.1) is 5.82 Å². The summed E-state index contributed by atoms with van der Waals surface area (Å²) in [6, 6.07) is 3.10. The number of amides is 1. The van der Waals surface area contributed by atoms with Gasteiger partial charge in [-0.15, -0.1) is 0 Å². The Hall–Kier alpha value is -1.66. The second kappa shape index (κ2) is 7.21. The smallest absolute Gasteiger partial charge is 0.320 e. The summed E-state index contributed by atoms with van der Waals surface area (Å²) in [5, 5.41) is 11.4. The van der Waals surface area contributed by atoms with E-state index in [4.69, 9.17) is 16.7 Å². The number of hydrogen-bond acceptors (Lipinski definition) is 3. The van der Waals surface area contributed by atoms with E-state index in [1.807, 2.05) is 0 Å². The second-order valence-corrected chi connectivity index (χ2v) is 4.76. The molecule has 0 heterocycles. The Morgan fingerprint density at radius 2 is 2.15 bits per heavy atom. The molecule has 1 aromatic rings. The van der Waals surface area contributed by atoms with Gasteiger partial charge >= 0.3 is 5.97 Å². The molecule has 1 atom stereocenters. The molecule has 7 heteroatoms. The van der Waals surface area contributed by atoms with Crippen LogP contribution in [0.4, 0.5) is 10.1 Å². The Morgan fingerprint density at radius 3 is 2.65 bits per heavy atom. The highest BCUT2D eigenvalue weighted by Gasteiger charge is 2.22. The van der Waals surface area contributed by atoms with Crippen LogP contribution in [0.2, 0.25) is 5.02 Å². The highest BCUT2D eigenvalue weighted by molar-refractivity contribution is 6.31. The lowest BCUT2D eigenvalue weighted by atomic mass is 10.2. The van der Waals surface area contributed by atoms with Crippen LogP contribution in [0.15, 0.2) is 18.2 Å². The minimum Gasteiger partial charge on any atom is -0.480 e. The van der Waals surface area contributed by atoms with Crippen LogP contribution in [0.5, 0.6) is 0 Å². The molecular weight excluding hydrogens is 287 g/mol. The van der Waals surface area contributed by atoms with Gasteiger partial charge in [-0.05, 0) is 31.7 Å². The zero-order chi connectivity index (χ0) is 15.3. The molecular formula is C13H16ClFN2O3. The second-order valence-electron chi connectivity index (χ2n) is 4.35. The number of carboxylic acid groups (broad SMARTS) is 1. The summed E-state index contributed by atoms with van der Waals surface area (Å²) in [7, 11) is 1.56. The van der Waals surface area contributed by atoms with Crippen molar-refractivity contribution in [2.75, 3.05) is 18.9 Å². The number of nitrogens with one attached hydrogen (secondary N) is 1. The van der Waals surface area contributed by atoms with E-state index in [9.17, 15) is 14.0 Å². The van der Waals surface area contributed by atoms with Crippen LogP contribution >= 0.6 is 11.6 Å². The van der Waals surface area contributed by atoms with Crippen molar-refractivity contribution in [3.8, 4) is 0 Å². The number of carbonyl (C=O) groups excluding carboxylic acids is 1. The van der Waals surface area contributed by atoms with E-state index < -0.39 is 23.7 Å². The number of carboxylic acids is 1. The van der Waals surface area contributed by atoms with E-state index >= 15 is 0 Å². The number of benzene rings is 1. The standard InChI is InChI=1S/C13H16ClFN2O3/c1-3-11(13(19)20)17(2)7-12(18)16-8-4-5-10(15)9(14)6-8/h4-6,11H,3,7H2,1-2H3,(H,16,18)(H,19,20). The lowest BCUT2D eigenvalue weighted by Crippen LogP contribution is -2.42. The van der Waals surface area contributed by atoms with Crippen LogP contribution < -0.4 is 5.32 Å². The maximum absolute atomic E-state index is 13.0. The van der Waals surface area contributed by atoms with E-state index in [0.717, 1.165) is 6.07 Å². The van der Waals surface area contributed by atoms with Gasteiger partial charge in [-0.3, -0.25) is 14.5 Å². The van der Waals surface area contributed by atoms with Gasteiger partial charge in [0.15, 0.2) is 0 Å². The van der Waals surface area contributed by atoms with Gasteiger partial charge in [-0.25, -0.2) is 4.39 Å². The Labute approximate surface area is 121 Å². The molecule has 0 aromatic heterocycles. The first-order chi connectivity index (χ1) is 9.35. The summed E-state index contributed by atoms with van der Waals surface area (Å²) in [5.41, 5.74) is 0.359. The molecule has 0 radical (unpaired) electrons. The fourth-order valence-electron chi connectivity index (χ4n) is 1.79. The van der Waals surface area contributed by atoms with Crippen molar-refractivity contribution in [1.82, 2.24) is 4.90 Å². The van der Waals surface area contributed by atoms with Crippen LogP contribution in [0.1, 0.15) is 13.3 Å². The zero-order valence-electron chi connectivity index (χ0n) is 11.2. The molecule has 2 N–H and O–H groups in total. The third-order valence-electron chi connectivity index (χ3n) is 2.80. The molecule has 0 saturated carbocycles. The minimum atomic E-state index is -0.979. The molecule has 5 nitrogen and oxygen atoms in total. The summed E-state index contributed by atoms with van der Waals surface area (Å²) in [6.07, 6.45) is 0.390. The molecule has 0 aliphatic rings. The van der Waals surface area contributed by atoms with Crippen molar-refractivity contribution in [2.45, 2.75) is 19.4 Å². The first kappa shape index (κ1) is 16.4. The summed E-state index contributed by atoms with van der Waals surface area (Å²) in [6.45, 7) is 1.65. The number of nitrogens with zero attached hydrogens (tertiary/aromatic N) is 1. The first-order valence-corrected chi connectivity index (χ1v) is 6.41. The summed E-state index contributed by atoms with van der Waals surface area (Å²) < 4.78 is 13.0. The van der Waals surface area contributed by atoms with Crippen molar-refractivity contribution in [3.63, 3.8) is 0 Å². The number of rotatable bonds is 6.